The fourth-order valence-corrected chi connectivity index (χ4v) is 2.85. The van der Waals surface area contributed by atoms with Crippen LogP contribution >= 0.6 is 24.8 Å². The van der Waals surface area contributed by atoms with Gasteiger partial charge in [0.25, 0.3) is 0 Å². The number of rotatable bonds is 5. The maximum atomic E-state index is 13.9. The number of methoxy groups -OCH3 is 1. The molecule has 1 aromatic rings. The first-order valence-electron chi connectivity index (χ1n) is 7.66. The van der Waals surface area contributed by atoms with Gasteiger partial charge in [0.1, 0.15) is 17.7 Å². The first kappa shape index (κ1) is 24.0. The van der Waals surface area contributed by atoms with E-state index in [0.717, 1.165) is 6.07 Å². The molecule has 2 rings (SSSR count). The SMILES string of the molecule is COCC(N)C(=O)N1CCN(C(C)c2ccc(F)cc2F)CC1.Cl.Cl. The third-order valence-electron chi connectivity index (χ3n) is 4.25. The molecule has 25 heavy (non-hydrogen) atoms. The van der Waals surface area contributed by atoms with Gasteiger partial charge in [0, 0.05) is 51.0 Å². The number of benzene rings is 1. The summed E-state index contributed by atoms with van der Waals surface area (Å²) in [6.45, 7) is 4.36. The lowest BCUT2D eigenvalue weighted by Crippen LogP contribution is -2.54. The normalized spacial score (nSPS) is 17.2. The number of piperazine rings is 1. The molecule has 1 aromatic carbocycles. The van der Waals surface area contributed by atoms with Crippen molar-refractivity contribution < 1.29 is 18.3 Å². The van der Waals surface area contributed by atoms with Crippen molar-refractivity contribution in [3.8, 4) is 0 Å². The monoisotopic (exact) mass is 399 g/mol. The Morgan fingerprint density at radius 2 is 1.84 bits per heavy atom. The Morgan fingerprint density at radius 1 is 1.24 bits per heavy atom. The van der Waals surface area contributed by atoms with Gasteiger partial charge in [-0.1, -0.05) is 6.07 Å². The van der Waals surface area contributed by atoms with Crippen LogP contribution in [0.25, 0.3) is 0 Å². The van der Waals surface area contributed by atoms with Crippen molar-refractivity contribution in [2.45, 2.75) is 19.0 Å². The lowest BCUT2D eigenvalue weighted by molar-refractivity contribution is -0.135. The van der Waals surface area contributed by atoms with Gasteiger partial charge in [-0.15, -0.1) is 24.8 Å². The molecule has 0 spiro atoms. The average molecular weight is 400 g/mol. The van der Waals surface area contributed by atoms with Gasteiger partial charge in [0.05, 0.1) is 6.61 Å². The highest BCUT2D eigenvalue weighted by Crippen LogP contribution is 2.24. The number of nitrogens with two attached hydrogens (primary N) is 1. The number of carbonyl (C=O) groups is 1. The molecule has 1 heterocycles. The Kier molecular flexibility index (Phi) is 10.4. The van der Waals surface area contributed by atoms with Crippen molar-refractivity contribution in [1.82, 2.24) is 9.80 Å². The highest BCUT2D eigenvalue weighted by Gasteiger charge is 2.28. The van der Waals surface area contributed by atoms with Crippen molar-refractivity contribution in [2.24, 2.45) is 5.73 Å². The molecule has 0 aromatic heterocycles. The molecule has 2 atom stereocenters. The van der Waals surface area contributed by atoms with Crippen LogP contribution in [0.2, 0.25) is 0 Å². The van der Waals surface area contributed by atoms with E-state index in [1.807, 2.05) is 6.92 Å². The van der Waals surface area contributed by atoms with E-state index >= 15 is 0 Å². The van der Waals surface area contributed by atoms with Crippen molar-refractivity contribution in [3.05, 3.63) is 35.4 Å². The van der Waals surface area contributed by atoms with Crippen molar-refractivity contribution in [1.29, 1.82) is 0 Å². The van der Waals surface area contributed by atoms with Crippen LogP contribution in [0.15, 0.2) is 18.2 Å². The minimum absolute atomic E-state index is 0. The fourth-order valence-electron chi connectivity index (χ4n) is 2.85. The molecule has 0 bridgehead atoms. The molecule has 1 aliphatic rings. The van der Waals surface area contributed by atoms with E-state index in [4.69, 9.17) is 10.5 Å². The standard InChI is InChI=1S/C16H23F2N3O2.2ClH/c1-11(13-4-3-12(17)9-14(13)18)20-5-7-21(8-6-20)16(22)15(19)10-23-2;;/h3-4,9,11,15H,5-8,10,19H2,1-2H3;2*1H. The highest BCUT2D eigenvalue weighted by atomic mass is 35.5. The van der Waals surface area contributed by atoms with E-state index in [1.165, 1.54) is 19.2 Å². The third-order valence-corrected chi connectivity index (χ3v) is 4.25. The molecule has 9 heteroatoms. The van der Waals surface area contributed by atoms with Gasteiger partial charge in [0.15, 0.2) is 0 Å². The molecule has 1 fully saturated rings. The molecular weight excluding hydrogens is 375 g/mol. The smallest absolute Gasteiger partial charge is 0.241 e. The summed E-state index contributed by atoms with van der Waals surface area (Å²) in [6.07, 6.45) is 0. The van der Waals surface area contributed by atoms with Gasteiger partial charge in [-0.05, 0) is 13.0 Å². The van der Waals surface area contributed by atoms with Gasteiger partial charge in [-0.2, -0.15) is 0 Å². The fraction of sp³-hybridized carbons (Fsp3) is 0.562. The number of hydrogen-bond donors (Lipinski definition) is 1. The molecule has 1 saturated heterocycles. The minimum Gasteiger partial charge on any atom is -0.383 e. The van der Waals surface area contributed by atoms with E-state index in [2.05, 4.69) is 4.90 Å². The lowest BCUT2D eigenvalue weighted by atomic mass is 10.0. The van der Waals surface area contributed by atoms with Crippen molar-refractivity contribution in [3.63, 3.8) is 0 Å². The molecule has 2 unspecified atom stereocenters. The van der Waals surface area contributed by atoms with Crippen molar-refractivity contribution in [2.75, 3.05) is 39.9 Å². The van der Waals surface area contributed by atoms with E-state index in [9.17, 15) is 13.6 Å². The van der Waals surface area contributed by atoms with Gasteiger partial charge in [-0.3, -0.25) is 9.69 Å². The van der Waals surface area contributed by atoms with Crippen LogP contribution < -0.4 is 5.73 Å². The Morgan fingerprint density at radius 3 is 2.36 bits per heavy atom. The zero-order valence-electron chi connectivity index (χ0n) is 14.3. The number of carbonyl (C=O) groups excluding carboxylic acids is 1. The Bertz CT molecular complexity index is 558. The second kappa shape index (κ2) is 10.9. The molecule has 0 saturated carbocycles. The summed E-state index contributed by atoms with van der Waals surface area (Å²) >= 11 is 0. The van der Waals surface area contributed by atoms with Crippen LogP contribution in [0.5, 0.6) is 0 Å². The summed E-state index contributed by atoms with van der Waals surface area (Å²) in [6, 6.07) is 2.80. The number of halogens is 4. The summed E-state index contributed by atoms with van der Waals surface area (Å²) in [5.74, 6) is -1.26. The molecule has 5 nitrogen and oxygen atoms in total. The Hall–Kier alpha value is -0.990. The van der Waals surface area contributed by atoms with E-state index in [1.54, 1.807) is 4.90 Å². The molecule has 1 amide bonds. The Labute approximate surface area is 159 Å². The van der Waals surface area contributed by atoms with Crippen LogP contribution in [0.1, 0.15) is 18.5 Å². The molecule has 2 N–H and O–H groups in total. The summed E-state index contributed by atoms with van der Waals surface area (Å²) in [7, 11) is 1.50. The van der Waals surface area contributed by atoms with E-state index in [0.29, 0.717) is 31.7 Å². The second-order valence-corrected chi connectivity index (χ2v) is 5.76. The molecular formula is C16H25Cl2F2N3O2. The quantitative estimate of drug-likeness (QED) is 0.822. The number of hydrogen-bond acceptors (Lipinski definition) is 4. The van der Waals surface area contributed by atoms with Crippen LogP contribution in [-0.2, 0) is 9.53 Å². The van der Waals surface area contributed by atoms with Gasteiger partial charge in [0.2, 0.25) is 5.91 Å². The summed E-state index contributed by atoms with van der Waals surface area (Å²) in [4.78, 5) is 15.9. The molecule has 0 aliphatic carbocycles. The first-order valence-corrected chi connectivity index (χ1v) is 7.66. The number of amides is 1. The first-order chi connectivity index (χ1) is 10.9. The second-order valence-electron chi connectivity index (χ2n) is 5.76. The van der Waals surface area contributed by atoms with Gasteiger partial charge >= 0.3 is 0 Å². The zero-order valence-corrected chi connectivity index (χ0v) is 15.9. The number of ether oxygens (including phenoxy) is 1. The summed E-state index contributed by atoms with van der Waals surface area (Å²) < 4.78 is 31.8. The summed E-state index contributed by atoms with van der Waals surface area (Å²) in [5.41, 5.74) is 6.22. The predicted octanol–water partition coefficient (Wildman–Crippen LogP) is 1.99. The predicted molar refractivity (Wildman–Crippen MR) is 97.3 cm³/mol. The Balaban J connectivity index is 0.00000288. The maximum Gasteiger partial charge on any atom is 0.241 e. The molecule has 1 aliphatic heterocycles. The average Bonchev–Trinajstić information content (AvgIpc) is 2.54. The van der Waals surface area contributed by atoms with Crippen LogP contribution in [0, 0.1) is 11.6 Å². The summed E-state index contributed by atoms with van der Waals surface area (Å²) in [5, 5.41) is 0. The van der Waals surface area contributed by atoms with E-state index < -0.39 is 17.7 Å². The third kappa shape index (κ3) is 6.04. The van der Waals surface area contributed by atoms with Gasteiger partial charge in [-0.25, -0.2) is 8.78 Å². The largest absolute Gasteiger partial charge is 0.383 e. The zero-order chi connectivity index (χ0) is 17.0. The molecule has 0 radical (unpaired) electrons. The van der Waals surface area contributed by atoms with E-state index in [-0.39, 0.29) is 43.4 Å². The highest BCUT2D eigenvalue weighted by molar-refractivity contribution is 5.85. The van der Waals surface area contributed by atoms with Crippen molar-refractivity contribution >= 4 is 30.7 Å². The minimum atomic E-state index is -0.654. The lowest BCUT2D eigenvalue weighted by Gasteiger charge is -2.39. The van der Waals surface area contributed by atoms with Crippen LogP contribution in [0.3, 0.4) is 0 Å². The number of nitrogens with zero attached hydrogens (tertiary/aromatic N) is 2. The van der Waals surface area contributed by atoms with Crippen LogP contribution in [-0.4, -0.2) is 61.6 Å². The van der Waals surface area contributed by atoms with Gasteiger partial charge < -0.3 is 15.4 Å². The molecule has 144 valence electrons. The topological polar surface area (TPSA) is 58.8 Å². The van der Waals surface area contributed by atoms with Crippen LogP contribution in [0.4, 0.5) is 8.78 Å². The maximum absolute atomic E-state index is 13.9.